The van der Waals surface area contributed by atoms with Crippen LogP contribution in [0.2, 0.25) is 5.02 Å². The number of fused-ring (bicyclic) bond motifs is 3. The van der Waals surface area contributed by atoms with Gasteiger partial charge in [0.1, 0.15) is 18.5 Å². The SMILES string of the molecule is Cc1cccc(Cl)c1C(CCN1c2cc(OCCN3CCOCC3)c(N)cc2-n2cncc2C1N)N(C)C. The van der Waals surface area contributed by atoms with Gasteiger partial charge in [0.2, 0.25) is 0 Å². The number of imidazole rings is 1. The number of benzene rings is 2. The molecule has 3 heterocycles. The van der Waals surface area contributed by atoms with Gasteiger partial charge in [0.15, 0.2) is 0 Å². The smallest absolute Gasteiger partial charge is 0.144 e. The first-order chi connectivity index (χ1) is 18.3. The summed E-state index contributed by atoms with van der Waals surface area (Å²) in [6, 6.07) is 10.2. The summed E-state index contributed by atoms with van der Waals surface area (Å²) in [7, 11) is 4.18. The minimum absolute atomic E-state index is 0.129. The van der Waals surface area contributed by atoms with Crippen molar-refractivity contribution in [2.75, 3.05) is 70.7 Å². The van der Waals surface area contributed by atoms with Crippen LogP contribution in [0.25, 0.3) is 5.69 Å². The van der Waals surface area contributed by atoms with Gasteiger partial charge in [-0.3, -0.25) is 9.47 Å². The maximum atomic E-state index is 6.83. The fraction of sp³-hybridized carbons (Fsp3) is 0.464. The van der Waals surface area contributed by atoms with Gasteiger partial charge in [-0.2, -0.15) is 0 Å². The van der Waals surface area contributed by atoms with Crippen molar-refractivity contribution < 1.29 is 9.47 Å². The summed E-state index contributed by atoms with van der Waals surface area (Å²) in [5.41, 5.74) is 19.1. The van der Waals surface area contributed by atoms with Crippen LogP contribution >= 0.6 is 11.6 Å². The van der Waals surface area contributed by atoms with Crippen molar-refractivity contribution in [3.63, 3.8) is 0 Å². The highest BCUT2D eigenvalue weighted by Gasteiger charge is 2.31. The number of hydrogen-bond donors (Lipinski definition) is 2. The minimum Gasteiger partial charge on any atom is -0.490 e. The molecular formula is C28H38ClN7O2. The number of morpholine rings is 1. The number of aromatic nitrogens is 2. The van der Waals surface area contributed by atoms with E-state index in [0.717, 1.165) is 66.9 Å². The van der Waals surface area contributed by atoms with E-state index in [1.807, 2.05) is 35.0 Å². The summed E-state index contributed by atoms with van der Waals surface area (Å²) in [4.78, 5) is 11.2. The van der Waals surface area contributed by atoms with Gasteiger partial charge in [0.05, 0.1) is 48.5 Å². The Bertz CT molecular complexity index is 1240. The molecule has 0 spiro atoms. The van der Waals surface area contributed by atoms with Gasteiger partial charge in [-0.1, -0.05) is 23.7 Å². The highest BCUT2D eigenvalue weighted by molar-refractivity contribution is 6.31. The van der Waals surface area contributed by atoms with Crippen molar-refractivity contribution in [2.45, 2.75) is 25.6 Å². The molecule has 0 amide bonds. The van der Waals surface area contributed by atoms with E-state index < -0.39 is 0 Å². The van der Waals surface area contributed by atoms with E-state index in [4.69, 9.17) is 32.5 Å². The summed E-state index contributed by atoms with van der Waals surface area (Å²) < 4.78 is 13.7. The maximum absolute atomic E-state index is 6.83. The molecule has 204 valence electrons. The van der Waals surface area contributed by atoms with Crippen molar-refractivity contribution in [1.82, 2.24) is 19.4 Å². The summed E-state index contributed by atoms with van der Waals surface area (Å²) in [5.74, 6) is 0.670. The maximum Gasteiger partial charge on any atom is 0.144 e. The lowest BCUT2D eigenvalue weighted by atomic mass is 9.97. The molecule has 2 aliphatic rings. The third-order valence-corrected chi connectivity index (χ3v) is 7.95. The minimum atomic E-state index is -0.357. The average Bonchev–Trinajstić information content (AvgIpc) is 3.39. The van der Waals surface area contributed by atoms with E-state index in [0.29, 0.717) is 24.6 Å². The van der Waals surface area contributed by atoms with Crippen LogP contribution in [0.3, 0.4) is 0 Å². The first-order valence-electron chi connectivity index (χ1n) is 13.2. The average molecular weight is 540 g/mol. The molecule has 2 atom stereocenters. The third-order valence-electron chi connectivity index (χ3n) is 7.62. The van der Waals surface area contributed by atoms with Crippen LogP contribution < -0.4 is 21.1 Å². The normalized spacial score (nSPS) is 18.4. The molecule has 0 bridgehead atoms. The molecule has 4 N–H and O–H groups in total. The van der Waals surface area contributed by atoms with Gasteiger partial charge in [-0.05, 0) is 50.7 Å². The second-order valence-corrected chi connectivity index (χ2v) is 10.7. The molecule has 3 aromatic rings. The van der Waals surface area contributed by atoms with Gasteiger partial charge in [0.25, 0.3) is 0 Å². The van der Waals surface area contributed by atoms with Crippen LogP contribution in [0.15, 0.2) is 42.9 Å². The fourth-order valence-corrected chi connectivity index (χ4v) is 5.86. The fourth-order valence-electron chi connectivity index (χ4n) is 5.51. The quantitative estimate of drug-likeness (QED) is 0.398. The number of rotatable bonds is 9. The van der Waals surface area contributed by atoms with Crippen LogP contribution in [0, 0.1) is 6.92 Å². The second-order valence-electron chi connectivity index (χ2n) is 10.2. The zero-order chi connectivity index (χ0) is 26.8. The highest BCUT2D eigenvalue weighted by atomic mass is 35.5. The summed E-state index contributed by atoms with van der Waals surface area (Å²) in [6.45, 7) is 7.59. The molecule has 10 heteroatoms. The number of anilines is 2. The predicted molar refractivity (Wildman–Crippen MR) is 152 cm³/mol. The molecule has 2 aliphatic heterocycles. The van der Waals surface area contributed by atoms with Crippen LogP contribution in [0.4, 0.5) is 11.4 Å². The molecule has 2 unspecified atom stereocenters. The molecule has 0 saturated carbocycles. The number of nitrogens with two attached hydrogens (primary N) is 2. The van der Waals surface area contributed by atoms with Gasteiger partial charge < -0.3 is 30.7 Å². The Hall–Kier alpha value is -2.82. The van der Waals surface area contributed by atoms with Crippen molar-refractivity contribution in [1.29, 1.82) is 0 Å². The van der Waals surface area contributed by atoms with E-state index in [-0.39, 0.29) is 12.2 Å². The van der Waals surface area contributed by atoms with Gasteiger partial charge in [0, 0.05) is 43.3 Å². The van der Waals surface area contributed by atoms with E-state index in [2.05, 4.69) is 46.8 Å². The monoisotopic (exact) mass is 539 g/mol. The van der Waals surface area contributed by atoms with E-state index in [1.165, 1.54) is 5.56 Å². The van der Waals surface area contributed by atoms with E-state index >= 15 is 0 Å². The van der Waals surface area contributed by atoms with Crippen molar-refractivity contribution in [2.24, 2.45) is 5.73 Å². The molecule has 1 fully saturated rings. The highest BCUT2D eigenvalue weighted by Crippen LogP contribution is 2.42. The standard InChI is InChI=1S/C28H38ClN7O2/c1-19-5-4-6-20(29)27(19)22(33(2)3)7-8-35-24-16-26(38-14-11-34-9-12-37-13-10-34)21(30)15-23(24)36-18-32-17-25(36)28(35)31/h4-6,15-18,22,28H,7-14,30-31H2,1-3H3. The largest absolute Gasteiger partial charge is 0.490 e. The van der Waals surface area contributed by atoms with Crippen molar-refractivity contribution >= 4 is 23.0 Å². The Balaban J connectivity index is 1.41. The van der Waals surface area contributed by atoms with Gasteiger partial charge >= 0.3 is 0 Å². The van der Waals surface area contributed by atoms with E-state index in [9.17, 15) is 0 Å². The zero-order valence-corrected chi connectivity index (χ0v) is 23.2. The van der Waals surface area contributed by atoms with Gasteiger partial charge in [-0.15, -0.1) is 0 Å². The Morgan fingerprint density at radius 1 is 1.18 bits per heavy atom. The molecule has 2 aromatic carbocycles. The molecule has 9 nitrogen and oxygen atoms in total. The molecule has 5 rings (SSSR count). The van der Waals surface area contributed by atoms with Crippen LogP contribution in [-0.4, -0.2) is 79.4 Å². The van der Waals surface area contributed by atoms with E-state index in [1.54, 1.807) is 6.33 Å². The first kappa shape index (κ1) is 26.8. The Morgan fingerprint density at radius 2 is 1.97 bits per heavy atom. The molecule has 38 heavy (non-hydrogen) atoms. The Morgan fingerprint density at radius 3 is 2.71 bits per heavy atom. The number of halogens is 1. The second kappa shape index (κ2) is 11.5. The van der Waals surface area contributed by atoms with Crippen LogP contribution in [-0.2, 0) is 4.74 Å². The first-order valence-corrected chi connectivity index (χ1v) is 13.6. The lowest BCUT2D eigenvalue weighted by molar-refractivity contribution is 0.0323. The number of nitrogen functional groups attached to an aromatic ring is 1. The Labute approximate surface area is 229 Å². The lowest BCUT2D eigenvalue weighted by Crippen LogP contribution is -2.41. The molecule has 1 aromatic heterocycles. The molecule has 0 radical (unpaired) electrons. The third kappa shape index (κ3) is 5.34. The number of hydrogen-bond acceptors (Lipinski definition) is 8. The summed E-state index contributed by atoms with van der Waals surface area (Å²) in [5, 5.41) is 0.786. The number of aryl methyl sites for hydroxylation is 1. The number of ether oxygens (including phenoxy) is 2. The zero-order valence-electron chi connectivity index (χ0n) is 22.4. The van der Waals surface area contributed by atoms with Crippen molar-refractivity contribution in [3.8, 4) is 11.4 Å². The van der Waals surface area contributed by atoms with Crippen LogP contribution in [0.1, 0.15) is 35.4 Å². The topological polar surface area (TPSA) is 98.0 Å². The molecular weight excluding hydrogens is 502 g/mol. The summed E-state index contributed by atoms with van der Waals surface area (Å²) >= 11 is 6.68. The Kier molecular flexibility index (Phi) is 8.11. The lowest BCUT2D eigenvalue weighted by Gasteiger charge is -2.39. The molecule has 0 aliphatic carbocycles. The number of nitrogens with zero attached hydrogens (tertiary/aromatic N) is 5. The summed E-state index contributed by atoms with van der Waals surface area (Å²) in [6.07, 6.45) is 4.09. The van der Waals surface area contributed by atoms with Crippen molar-refractivity contribution in [3.05, 3.63) is 64.7 Å². The van der Waals surface area contributed by atoms with Crippen LogP contribution in [0.5, 0.6) is 5.75 Å². The van der Waals surface area contributed by atoms with Gasteiger partial charge in [-0.25, -0.2) is 4.98 Å². The molecule has 1 saturated heterocycles. The predicted octanol–water partition coefficient (Wildman–Crippen LogP) is 3.60.